The molecule has 0 aliphatic carbocycles. The van der Waals surface area contributed by atoms with Crippen LogP contribution in [0.2, 0.25) is 0 Å². The highest BCUT2D eigenvalue weighted by molar-refractivity contribution is 5.87. The second-order valence-corrected chi connectivity index (χ2v) is 5.53. The van der Waals surface area contributed by atoms with Crippen LogP contribution in [-0.4, -0.2) is 33.4 Å². The number of nitrogens with one attached hydrogen (secondary N) is 2. The summed E-state index contributed by atoms with van der Waals surface area (Å²) in [7, 11) is 3.55. The number of rotatable bonds is 7. The molecule has 126 valence electrons. The van der Waals surface area contributed by atoms with Crippen LogP contribution in [0.1, 0.15) is 18.9 Å². The van der Waals surface area contributed by atoms with Crippen molar-refractivity contribution >= 4 is 22.8 Å². The summed E-state index contributed by atoms with van der Waals surface area (Å²) in [5.41, 5.74) is 1.95. The fourth-order valence-corrected chi connectivity index (χ4v) is 2.40. The van der Waals surface area contributed by atoms with Crippen molar-refractivity contribution in [1.82, 2.24) is 19.7 Å². The van der Waals surface area contributed by atoms with Gasteiger partial charge in [0.2, 0.25) is 5.95 Å². The van der Waals surface area contributed by atoms with Crippen molar-refractivity contribution in [2.45, 2.75) is 19.9 Å². The van der Waals surface area contributed by atoms with Gasteiger partial charge < -0.3 is 15.4 Å². The first-order valence-corrected chi connectivity index (χ1v) is 8.01. The lowest BCUT2D eigenvalue weighted by Crippen LogP contribution is -2.09. The summed E-state index contributed by atoms with van der Waals surface area (Å²) in [5, 5.41) is 11.8. The molecule has 0 unspecified atom stereocenters. The van der Waals surface area contributed by atoms with Gasteiger partial charge in [0.05, 0.1) is 18.7 Å². The number of hydrogen-bond acceptors (Lipinski definition) is 6. The van der Waals surface area contributed by atoms with Crippen LogP contribution in [0.5, 0.6) is 5.75 Å². The molecule has 0 amide bonds. The number of methoxy groups -OCH3 is 1. The highest BCUT2D eigenvalue weighted by atomic mass is 16.5. The van der Waals surface area contributed by atoms with Gasteiger partial charge in [-0.05, 0) is 24.1 Å². The molecule has 7 heteroatoms. The molecule has 0 bridgehead atoms. The number of aryl methyl sites for hydroxylation is 1. The second kappa shape index (κ2) is 7.16. The van der Waals surface area contributed by atoms with Crippen LogP contribution >= 0.6 is 0 Å². The van der Waals surface area contributed by atoms with E-state index in [1.165, 1.54) is 0 Å². The third-order valence-electron chi connectivity index (χ3n) is 3.74. The van der Waals surface area contributed by atoms with Crippen molar-refractivity contribution in [2.75, 3.05) is 24.3 Å². The zero-order chi connectivity index (χ0) is 16.9. The lowest BCUT2D eigenvalue weighted by molar-refractivity contribution is 0.414. The first-order valence-electron chi connectivity index (χ1n) is 8.01. The summed E-state index contributed by atoms with van der Waals surface area (Å²) in [6, 6.07) is 7.96. The molecule has 0 atom stereocenters. The molecule has 3 aromatic rings. The standard InChI is InChI=1S/C17H22N6O/c1-4-9-18-17-21-15(14-11-20-23(2)16(14)22-17)19-10-12-5-7-13(24-3)8-6-12/h5-8,11H,4,9-10H2,1-3H3,(H2,18,19,21,22). The monoisotopic (exact) mass is 326 g/mol. The van der Waals surface area contributed by atoms with Gasteiger partial charge in [-0.2, -0.15) is 15.1 Å². The molecular weight excluding hydrogens is 304 g/mol. The summed E-state index contributed by atoms with van der Waals surface area (Å²) in [6.07, 6.45) is 2.80. The normalized spacial score (nSPS) is 10.8. The third kappa shape index (κ3) is 3.40. The smallest absolute Gasteiger partial charge is 0.226 e. The van der Waals surface area contributed by atoms with Crippen LogP contribution in [0.4, 0.5) is 11.8 Å². The van der Waals surface area contributed by atoms with E-state index in [1.54, 1.807) is 18.0 Å². The summed E-state index contributed by atoms with van der Waals surface area (Å²) < 4.78 is 6.94. The van der Waals surface area contributed by atoms with E-state index in [0.717, 1.165) is 41.1 Å². The van der Waals surface area contributed by atoms with Crippen LogP contribution in [0.15, 0.2) is 30.5 Å². The van der Waals surface area contributed by atoms with Crippen LogP contribution in [0.3, 0.4) is 0 Å². The van der Waals surface area contributed by atoms with E-state index >= 15 is 0 Å². The Kier molecular flexibility index (Phi) is 4.79. The Bertz CT molecular complexity index is 812. The molecule has 0 saturated heterocycles. The highest BCUT2D eigenvalue weighted by Crippen LogP contribution is 2.22. The number of aromatic nitrogens is 4. The molecule has 0 fully saturated rings. The molecule has 0 spiro atoms. The first-order chi connectivity index (χ1) is 11.7. The maximum absolute atomic E-state index is 5.19. The van der Waals surface area contributed by atoms with Crippen molar-refractivity contribution in [3.05, 3.63) is 36.0 Å². The van der Waals surface area contributed by atoms with Crippen LogP contribution < -0.4 is 15.4 Å². The quantitative estimate of drug-likeness (QED) is 0.695. The number of nitrogens with zero attached hydrogens (tertiary/aromatic N) is 4. The molecule has 2 heterocycles. The molecule has 7 nitrogen and oxygen atoms in total. The predicted molar refractivity (Wildman–Crippen MR) is 95.4 cm³/mol. The van der Waals surface area contributed by atoms with Gasteiger partial charge in [0.25, 0.3) is 0 Å². The Labute approximate surface area is 141 Å². The van der Waals surface area contributed by atoms with Crippen molar-refractivity contribution in [3.8, 4) is 5.75 Å². The van der Waals surface area contributed by atoms with E-state index in [0.29, 0.717) is 12.5 Å². The van der Waals surface area contributed by atoms with Crippen LogP contribution in [0.25, 0.3) is 11.0 Å². The molecule has 0 radical (unpaired) electrons. The molecule has 0 aliphatic heterocycles. The predicted octanol–water partition coefficient (Wildman–Crippen LogP) is 2.81. The largest absolute Gasteiger partial charge is 0.497 e. The molecule has 1 aromatic carbocycles. The number of hydrogen-bond donors (Lipinski definition) is 2. The van der Waals surface area contributed by atoms with Crippen molar-refractivity contribution in [2.24, 2.45) is 7.05 Å². The van der Waals surface area contributed by atoms with E-state index in [4.69, 9.17) is 4.74 Å². The molecule has 24 heavy (non-hydrogen) atoms. The Morgan fingerprint density at radius 1 is 1.12 bits per heavy atom. The average molecular weight is 326 g/mol. The van der Waals surface area contributed by atoms with E-state index in [1.807, 2.05) is 31.3 Å². The minimum Gasteiger partial charge on any atom is -0.497 e. The topological polar surface area (TPSA) is 76.9 Å². The maximum Gasteiger partial charge on any atom is 0.226 e. The summed E-state index contributed by atoms with van der Waals surface area (Å²) in [5.74, 6) is 2.24. The van der Waals surface area contributed by atoms with Crippen LogP contribution in [-0.2, 0) is 13.6 Å². The lowest BCUT2D eigenvalue weighted by atomic mass is 10.2. The third-order valence-corrected chi connectivity index (χ3v) is 3.74. The average Bonchev–Trinajstić information content (AvgIpc) is 2.99. The molecule has 0 saturated carbocycles. The van der Waals surface area contributed by atoms with E-state index in [2.05, 4.69) is 32.6 Å². The fraction of sp³-hybridized carbons (Fsp3) is 0.353. The summed E-state index contributed by atoms with van der Waals surface area (Å²) in [4.78, 5) is 9.12. The Morgan fingerprint density at radius 2 is 1.92 bits per heavy atom. The molecular formula is C17H22N6O. The van der Waals surface area contributed by atoms with E-state index in [-0.39, 0.29) is 0 Å². The minimum atomic E-state index is 0.616. The number of benzene rings is 1. The van der Waals surface area contributed by atoms with Crippen molar-refractivity contribution < 1.29 is 4.74 Å². The fourth-order valence-electron chi connectivity index (χ4n) is 2.40. The second-order valence-electron chi connectivity index (χ2n) is 5.53. The van der Waals surface area contributed by atoms with Gasteiger partial charge in [-0.1, -0.05) is 19.1 Å². The van der Waals surface area contributed by atoms with E-state index < -0.39 is 0 Å². The summed E-state index contributed by atoms with van der Waals surface area (Å²) in [6.45, 7) is 3.61. The zero-order valence-corrected chi connectivity index (χ0v) is 14.2. The van der Waals surface area contributed by atoms with Crippen molar-refractivity contribution in [3.63, 3.8) is 0 Å². The molecule has 3 rings (SSSR count). The van der Waals surface area contributed by atoms with Gasteiger partial charge in [0.1, 0.15) is 11.6 Å². The zero-order valence-electron chi connectivity index (χ0n) is 14.2. The van der Waals surface area contributed by atoms with Gasteiger partial charge in [-0.15, -0.1) is 0 Å². The SMILES string of the molecule is CCCNc1nc(NCc2ccc(OC)cc2)c2cnn(C)c2n1. The molecule has 2 N–H and O–H groups in total. The van der Waals surface area contributed by atoms with Crippen molar-refractivity contribution in [1.29, 1.82) is 0 Å². The molecule has 2 aromatic heterocycles. The Hall–Kier alpha value is -2.83. The highest BCUT2D eigenvalue weighted by Gasteiger charge is 2.11. The Balaban J connectivity index is 1.83. The van der Waals surface area contributed by atoms with Gasteiger partial charge in [0, 0.05) is 20.1 Å². The molecule has 0 aliphatic rings. The lowest BCUT2D eigenvalue weighted by Gasteiger charge is -2.10. The number of anilines is 2. The van der Waals surface area contributed by atoms with E-state index in [9.17, 15) is 0 Å². The van der Waals surface area contributed by atoms with Gasteiger partial charge in [0.15, 0.2) is 5.65 Å². The van der Waals surface area contributed by atoms with Crippen LogP contribution in [0, 0.1) is 0 Å². The van der Waals surface area contributed by atoms with Gasteiger partial charge in [-0.3, -0.25) is 4.68 Å². The first kappa shape index (κ1) is 16.0. The van der Waals surface area contributed by atoms with Gasteiger partial charge in [-0.25, -0.2) is 0 Å². The Morgan fingerprint density at radius 3 is 2.62 bits per heavy atom. The van der Waals surface area contributed by atoms with Gasteiger partial charge >= 0.3 is 0 Å². The summed E-state index contributed by atoms with van der Waals surface area (Å²) >= 11 is 0. The number of fused-ring (bicyclic) bond motifs is 1. The maximum atomic E-state index is 5.19. The minimum absolute atomic E-state index is 0.616. The number of ether oxygens (including phenoxy) is 1.